The molecular weight excluding hydrogens is 359 g/mol. The van der Waals surface area contributed by atoms with E-state index in [9.17, 15) is 22.8 Å². The summed E-state index contributed by atoms with van der Waals surface area (Å²) < 4.78 is 36.2. The Bertz CT molecular complexity index is 593. The molecule has 0 radical (unpaired) electrons. The zero-order chi connectivity index (χ0) is 17.7. The molecular formula is C16H21ClF3N3O2. The minimum absolute atomic E-state index is 0. The van der Waals surface area contributed by atoms with Gasteiger partial charge >= 0.3 is 6.18 Å². The van der Waals surface area contributed by atoms with Crippen LogP contribution in [0.2, 0.25) is 0 Å². The lowest BCUT2D eigenvalue weighted by Crippen LogP contribution is -2.33. The van der Waals surface area contributed by atoms with E-state index in [4.69, 9.17) is 5.73 Å². The molecule has 25 heavy (non-hydrogen) atoms. The molecule has 0 heterocycles. The average Bonchev–Trinajstić information content (AvgIpc) is 3.01. The Morgan fingerprint density at radius 3 is 2.36 bits per heavy atom. The average molecular weight is 380 g/mol. The molecule has 1 aromatic carbocycles. The zero-order valence-electron chi connectivity index (χ0n) is 13.4. The van der Waals surface area contributed by atoms with Gasteiger partial charge in [0.15, 0.2) is 0 Å². The molecule has 4 N–H and O–H groups in total. The number of hydrogen-bond donors (Lipinski definition) is 3. The van der Waals surface area contributed by atoms with E-state index in [2.05, 4.69) is 5.32 Å². The fourth-order valence-corrected chi connectivity index (χ4v) is 2.89. The topological polar surface area (TPSA) is 84.2 Å². The molecule has 0 unspecified atom stereocenters. The van der Waals surface area contributed by atoms with Gasteiger partial charge < -0.3 is 16.4 Å². The number of hydrogen-bond acceptors (Lipinski definition) is 3. The summed E-state index contributed by atoms with van der Waals surface area (Å²) in [6.07, 6.45) is -1.75. The van der Waals surface area contributed by atoms with Crippen LogP contribution < -0.4 is 16.4 Å². The standard InChI is InChI=1S/C16H20F3N3O2.ClH/c17-16(18,19)9-21-14(23)10-4-6-12(7-5-10)22-15(24)13-3-1-2-11(13)8-20;/h4-7,11,13H,1-3,8-9,20H2,(H,21,23)(H,22,24);1H/t11-,13-;/m1./s1. The number of anilines is 1. The molecule has 0 aromatic heterocycles. The van der Waals surface area contributed by atoms with Crippen molar-refractivity contribution in [2.75, 3.05) is 18.4 Å². The van der Waals surface area contributed by atoms with Crippen LogP contribution in [0.3, 0.4) is 0 Å². The van der Waals surface area contributed by atoms with Crippen molar-refractivity contribution in [3.05, 3.63) is 29.8 Å². The van der Waals surface area contributed by atoms with Crippen molar-refractivity contribution in [2.45, 2.75) is 25.4 Å². The van der Waals surface area contributed by atoms with E-state index in [0.717, 1.165) is 19.3 Å². The van der Waals surface area contributed by atoms with E-state index < -0.39 is 18.6 Å². The van der Waals surface area contributed by atoms with Crippen LogP contribution in [-0.4, -0.2) is 31.1 Å². The van der Waals surface area contributed by atoms with Gasteiger partial charge in [0.1, 0.15) is 6.54 Å². The maximum absolute atomic E-state index is 12.2. The summed E-state index contributed by atoms with van der Waals surface area (Å²) in [6.45, 7) is -0.914. The monoisotopic (exact) mass is 379 g/mol. The number of rotatable bonds is 5. The van der Waals surface area contributed by atoms with E-state index in [1.165, 1.54) is 24.3 Å². The molecule has 0 bridgehead atoms. The molecule has 0 spiro atoms. The predicted octanol–water partition coefficient (Wildman–Crippen LogP) is 2.71. The first-order chi connectivity index (χ1) is 11.3. The lowest BCUT2D eigenvalue weighted by Gasteiger charge is -2.17. The molecule has 0 aliphatic heterocycles. The normalized spacial score (nSPS) is 19.8. The highest BCUT2D eigenvalue weighted by atomic mass is 35.5. The van der Waals surface area contributed by atoms with Crippen LogP contribution in [0.15, 0.2) is 24.3 Å². The van der Waals surface area contributed by atoms with Crippen LogP contribution in [0.1, 0.15) is 29.6 Å². The Morgan fingerprint density at radius 2 is 1.80 bits per heavy atom. The number of carbonyl (C=O) groups excluding carboxylic acids is 2. The molecule has 1 saturated carbocycles. The second-order valence-electron chi connectivity index (χ2n) is 5.90. The van der Waals surface area contributed by atoms with Gasteiger partial charge in [-0.3, -0.25) is 9.59 Å². The van der Waals surface area contributed by atoms with E-state index in [1.807, 2.05) is 0 Å². The number of nitrogens with two attached hydrogens (primary N) is 1. The van der Waals surface area contributed by atoms with Crippen LogP contribution in [0, 0.1) is 11.8 Å². The van der Waals surface area contributed by atoms with Gasteiger partial charge in [0, 0.05) is 17.2 Å². The van der Waals surface area contributed by atoms with E-state index >= 15 is 0 Å². The molecule has 2 atom stereocenters. The second kappa shape index (κ2) is 9.05. The Morgan fingerprint density at radius 1 is 1.16 bits per heavy atom. The maximum Gasteiger partial charge on any atom is 0.405 e. The molecule has 0 saturated heterocycles. The smallest absolute Gasteiger partial charge is 0.343 e. The fraction of sp³-hybridized carbons (Fsp3) is 0.500. The molecule has 9 heteroatoms. The molecule has 1 aliphatic carbocycles. The van der Waals surface area contributed by atoms with Crippen molar-refractivity contribution in [3.63, 3.8) is 0 Å². The maximum atomic E-state index is 12.2. The minimum Gasteiger partial charge on any atom is -0.343 e. The van der Waals surface area contributed by atoms with Gasteiger partial charge in [0.05, 0.1) is 0 Å². The highest BCUT2D eigenvalue weighted by Gasteiger charge is 2.32. The van der Waals surface area contributed by atoms with Gasteiger partial charge in [-0.05, 0) is 49.6 Å². The van der Waals surface area contributed by atoms with Crippen molar-refractivity contribution in [1.82, 2.24) is 5.32 Å². The van der Waals surface area contributed by atoms with Gasteiger partial charge in [0.25, 0.3) is 5.91 Å². The summed E-state index contributed by atoms with van der Waals surface area (Å²) in [5.41, 5.74) is 6.25. The number of halogens is 4. The first-order valence-corrected chi connectivity index (χ1v) is 7.76. The Balaban J connectivity index is 0.00000312. The molecule has 1 fully saturated rings. The third-order valence-electron chi connectivity index (χ3n) is 4.16. The van der Waals surface area contributed by atoms with Gasteiger partial charge in [-0.25, -0.2) is 0 Å². The summed E-state index contributed by atoms with van der Waals surface area (Å²) in [4.78, 5) is 23.8. The lowest BCUT2D eigenvalue weighted by molar-refractivity contribution is -0.123. The number of nitrogens with one attached hydrogen (secondary N) is 2. The summed E-state index contributed by atoms with van der Waals surface area (Å²) in [5, 5.41) is 4.56. The summed E-state index contributed by atoms with van der Waals surface area (Å²) in [6, 6.07) is 5.73. The summed E-state index contributed by atoms with van der Waals surface area (Å²) >= 11 is 0. The number of amides is 2. The van der Waals surface area contributed by atoms with Crippen LogP contribution in [0.4, 0.5) is 18.9 Å². The Kier molecular flexibility index (Phi) is 7.69. The molecule has 5 nitrogen and oxygen atoms in total. The van der Waals surface area contributed by atoms with Crippen LogP contribution >= 0.6 is 12.4 Å². The van der Waals surface area contributed by atoms with Crippen molar-refractivity contribution in [2.24, 2.45) is 17.6 Å². The largest absolute Gasteiger partial charge is 0.405 e. The van der Waals surface area contributed by atoms with Gasteiger partial charge in [-0.15, -0.1) is 12.4 Å². The molecule has 1 aliphatic rings. The SMILES string of the molecule is Cl.NC[C@H]1CCC[C@H]1C(=O)Nc1ccc(C(=O)NCC(F)(F)F)cc1. The summed E-state index contributed by atoms with van der Waals surface area (Å²) in [5.74, 6) is -0.872. The molecule has 2 amide bonds. The molecule has 2 rings (SSSR count). The van der Waals surface area contributed by atoms with Crippen LogP contribution in [0.5, 0.6) is 0 Å². The zero-order valence-corrected chi connectivity index (χ0v) is 14.3. The summed E-state index contributed by atoms with van der Waals surface area (Å²) in [7, 11) is 0. The predicted molar refractivity (Wildman–Crippen MR) is 90.6 cm³/mol. The van der Waals surface area contributed by atoms with E-state index in [1.54, 1.807) is 5.32 Å². The van der Waals surface area contributed by atoms with Gasteiger partial charge in [0.2, 0.25) is 5.91 Å². The first kappa shape index (κ1) is 21.2. The molecule has 1 aromatic rings. The third kappa shape index (κ3) is 6.21. The quantitative estimate of drug-likeness (QED) is 0.735. The highest BCUT2D eigenvalue weighted by molar-refractivity contribution is 5.96. The van der Waals surface area contributed by atoms with E-state index in [0.29, 0.717) is 12.2 Å². The Labute approximate surface area is 149 Å². The van der Waals surface area contributed by atoms with Crippen molar-refractivity contribution in [3.8, 4) is 0 Å². The second-order valence-corrected chi connectivity index (χ2v) is 5.90. The number of benzene rings is 1. The highest BCUT2D eigenvalue weighted by Crippen LogP contribution is 2.31. The van der Waals surface area contributed by atoms with Gasteiger partial charge in [-0.1, -0.05) is 6.42 Å². The van der Waals surface area contributed by atoms with Crippen LogP contribution in [-0.2, 0) is 4.79 Å². The first-order valence-electron chi connectivity index (χ1n) is 7.76. The van der Waals surface area contributed by atoms with Crippen molar-refractivity contribution < 1.29 is 22.8 Å². The van der Waals surface area contributed by atoms with Crippen LogP contribution in [0.25, 0.3) is 0 Å². The minimum atomic E-state index is -4.45. The van der Waals surface area contributed by atoms with Gasteiger partial charge in [-0.2, -0.15) is 13.2 Å². The lowest BCUT2D eigenvalue weighted by atomic mass is 9.95. The van der Waals surface area contributed by atoms with Crippen molar-refractivity contribution in [1.29, 1.82) is 0 Å². The molecule has 140 valence electrons. The number of carbonyl (C=O) groups is 2. The van der Waals surface area contributed by atoms with E-state index in [-0.39, 0.29) is 35.7 Å². The Hall–Kier alpha value is -1.80. The number of alkyl halides is 3. The third-order valence-corrected chi connectivity index (χ3v) is 4.16. The fourth-order valence-electron chi connectivity index (χ4n) is 2.89. The van der Waals surface area contributed by atoms with Crippen molar-refractivity contribution >= 4 is 29.9 Å².